The van der Waals surface area contributed by atoms with Crippen LogP contribution in [0.2, 0.25) is 0 Å². The SMILES string of the molecule is CC(C)=CCOc1ccc2c(c1C)O/C(=C\c1cccc(F)c1)C2=O. The largest absolute Gasteiger partial charge is 0.489 e. The molecule has 0 radical (unpaired) electrons. The fourth-order valence-corrected chi connectivity index (χ4v) is 2.57. The maximum Gasteiger partial charge on any atom is 0.231 e. The summed E-state index contributed by atoms with van der Waals surface area (Å²) in [5.41, 5.74) is 3.02. The Balaban J connectivity index is 1.88. The van der Waals surface area contributed by atoms with Crippen LogP contribution >= 0.6 is 0 Å². The first-order valence-electron chi connectivity index (χ1n) is 8.05. The number of ketones is 1. The first-order valence-corrected chi connectivity index (χ1v) is 8.05. The van der Waals surface area contributed by atoms with Crippen LogP contribution < -0.4 is 9.47 Å². The van der Waals surface area contributed by atoms with E-state index in [-0.39, 0.29) is 17.4 Å². The summed E-state index contributed by atoms with van der Waals surface area (Å²) in [5, 5.41) is 0. The number of fused-ring (bicyclic) bond motifs is 1. The summed E-state index contributed by atoms with van der Waals surface area (Å²) < 4.78 is 24.8. The van der Waals surface area contributed by atoms with E-state index in [0.717, 1.165) is 5.56 Å². The third kappa shape index (κ3) is 3.63. The number of hydrogen-bond donors (Lipinski definition) is 0. The van der Waals surface area contributed by atoms with E-state index in [0.29, 0.717) is 29.2 Å². The average molecular weight is 338 g/mol. The Morgan fingerprint density at radius 3 is 2.76 bits per heavy atom. The molecule has 2 aromatic rings. The summed E-state index contributed by atoms with van der Waals surface area (Å²) in [6, 6.07) is 9.50. The van der Waals surface area contributed by atoms with Gasteiger partial charge in [-0.05, 0) is 62.8 Å². The topological polar surface area (TPSA) is 35.5 Å². The van der Waals surface area contributed by atoms with E-state index in [1.807, 2.05) is 26.8 Å². The van der Waals surface area contributed by atoms with Crippen molar-refractivity contribution < 1.29 is 18.7 Å². The minimum Gasteiger partial charge on any atom is -0.489 e. The van der Waals surface area contributed by atoms with Crippen molar-refractivity contribution in [3.63, 3.8) is 0 Å². The molecule has 2 aromatic carbocycles. The highest BCUT2D eigenvalue weighted by Crippen LogP contribution is 2.39. The number of benzene rings is 2. The minimum atomic E-state index is -0.358. The summed E-state index contributed by atoms with van der Waals surface area (Å²) >= 11 is 0. The van der Waals surface area contributed by atoms with E-state index in [4.69, 9.17) is 9.47 Å². The Hall–Kier alpha value is -2.88. The van der Waals surface area contributed by atoms with Gasteiger partial charge in [0.05, 0.1) is 5.56 Å². The molecule has 0 fully saturated rings. The van der Waals surface area contributed by atoms with Gasteiger partial charge in [0.25, 0.3) is 0 Å². The number of carbonyl (C=O) groups excluding carboxylic acids is 1. The van der Waals surface area contributed by atoms with E-state index in [1.54, 1.807) is 30.3 Å². The highest BCUT2D eigenvalue weighted by Gasteiger charge is 2.30. The summed E-state index contributed by atoms with van der Waals surface area (Å²) in [4.78, 5) is 12.5. The molecule has 0 bridgehead atoms. The highest BCUT2D eigenvalue weighted by atomic mass is 19.1. The van der Waals surface area contributed by atoms with E-state index >= 15 is 0 Å². The molecule has 25 heavy (non-hydrogen) atoms. The third-order valence-electron chi connectivity index (χ3n) is 3.91. The normalized spacial score (nSPS) is 14.2. The van der Waals surface area contributed by atoms with Crippen LogP contribution in [0.25, 0.3) is 6.08 Å². The van der Waals surface area contributed by atoms with Crippen molar-refractivity contribution in [1.29, 1.82) is 0 Å². The number of halogens is 1. The maximum atomic E-state index is 13.3. The Kier molecular flexibility index (Phi) is 4.70. The molecule has 128 valence electrons. The zero-order chi connectivity index (χ0) is 18.0. The first kappa shape index (κ1) is 17.0. The van der Waals surface area contributed by atoms with Crippen molar-refractivity contribution in [2.75, 3.05) is 6.61 Å². The molecule has 0 unspecified atom stereocenters. The lowest BCUT2D eigenvalue weighted by Gasteiger charge is -2.10. The van der Waals surface area contributed by atoms with Crippen LogP contribution in [0.1, 0.15) is 35.3 Å². The smallest absolute Gasteiger partial charge is 0.231 e. The molecular formula is C21H19FO3. The molecule has 1 heterocycles. The van der Waals surface area contributed by atoms with E-state index in [2.05, 4.69) is 0 Å². The molecule has 0 atom stereocenters. The molecule has 1 aliphatic heterocycles. The number of carbonyl (C=O) groups is 1. The molecule has 1 aliphatic rings. The summed E-state index contributed by atoms with van der Waals surface area (Å²) in [6.07, 6.45) is 3.53. The van der Waals surface area contributed by atoms with Crippen LogP contribution in [0.5, 0.6) is 11.5 Å². The predicted molar refractivity (Wildman–Crippen MR) is 95.4 cm³/mol. The predicted octanol–water partition coefficient (Wildman–Crippen LogP) is 5.10. The van der Waals surface area contributed by atoms with Crippen LogP contribution in [0, 0.1) is 12.7 Å². The van der Waals surface area contributed by atoms with Crippen LogP contribution in [0.3, 0.4) is 0 Å². The molecule has 0 aliphatic carbocycles. The maximum absolute atomic E-state index is 13.3. The highest BCUT2D eigenvalue weighted by molar-refractivity contribution is 6.14. The van der Waals surface area contributed by atoms with Gasteiger partial charge in [0.2, 0.25) is 5.78 Å². The number of allylic oxidation sites excluding steroid dienone is 2. The quantitative estimate of drug-likeness (QED) is 0.575. The molecule has 0 aromatic heterocycles. The lowest BCUT2D eigenvalue weighted by atomic mass is 10.1. The molecule has 0 amide bonds. The van der Waals surface area contributed by atoms with Gasteiger partial charge in [-0.2, -0.15) is 0 Å². The monoisotopic (exact) mass is 338 g/mol. The van der Waals surface area contributed by atoms with Gasteiger partial charge >= 0.3 is 0 Å². The van der Waals surface area contributed by atoms with E-state index in [1.165, 1.54) is 17.7 Å². The van der Waals surface area contributed by atoms with Crippen LogP contribution in [-0.2, 0) is 0 Å². The molecule has 0 saturated heterocycles. The van der Waals surface area contributed by atoms with Crippen molar-refractivity contribution in [3.8, 4) is 11.5 Å². The van der Waals surface area contributed by atoms with E-state index in [9.17, 15) is 9.18 Å². The Morgan fingerprint density at radius 1 is 1.24 bits per heavy atom. The van der Waals surface area contributed by atoms with Gasteiger partial charge < -0.3 is 9.47 Å². The third-order valence-corrected chi connectivity index (χ3v) is 3.91. The van der Waals surface area contributed by atoms with Crippen LogP contribution in [0.4, 0.5) is 4.39 Å². The Labute approximate surface area is 146 Å². The average Bonchev–Trinajstić information content (AvgIpc) is 2.87. The molecule has 3 rings (SSSR count). The number of Topliss-reactive ketones (excluding diaryl/α,β-unsaturated/α-hetero) is 1. The second-order valence-corrected chi connectivity index (χ2v) is 6.15. The van der Waals surface area contributed by atoms with Crippen molar-refractivity contribution in [2.45, 2.75) is 20.8 Å². The van der Waals surface area contributed by atoms with Gasteiger partial charge in [-0.1, -0.05) is 17.7 Å². The van der Waals surface area contributed by atoms with Gasteiger partial charge in [0.15, 0.2) is 5.76 Å². The second kappa shape index (κ2) is 6.93. The van der Waals surface area contributed by atoms with Crippen LogP contribution in [0.15, 0.2) is 53.8 Å². The number of rotatable bonds is 4. The van der Waals surface area contributed by atoms with Gasteiger partial charge in [-0.3, -0.25) is 4.79 Å². The number of ether oxygens (including phenoxy) is 2. The van der Waals surface area contributed by atoms with Gasteiger partial charge in [0.1, 0.15) is 23.9 Å². The van der Waals surface area contributed by atoms with Gasteiger partial charge in [0, 0.05) is 5.56 Å². The van der Waals surface area contributed by atoms with Gasteiger partial charge in [-0.15, -0.1) is 0 Å². The fourth-order valence-electron chi connectivity index (χ4n) is 2.57. The summed E-state index contributed by atoms with van der Waals surface area (Å²) in [5.74, 6) is 0.796. The van der Waals surface area contributed by atoms with E-state index < -0.39 is 0 Å². The summed E-state index contributed by atoms with van der Waals surface area (Å²) in [6.45, 7) is 6.32. The molecule has 4 heteroatoms. The van der Waals surface area contributed by atoms with Gasteiger partial charge in [-0.25, -0.2) is 4.39 Å². The Morgan fingerprint density at radius 2 is 2.04 bits per heavy atom. The molecular weight excluding hydrogens is 319 g/mol. The zero-order valence-corrected chi connectivity index (χ0v) is 14.4. The number of hydrogen-bond acceptors (Lipinski definition) is 3. The van der Waals surface area contributed by atoms with Crippen molar-refractivity contribution in [3.05, 3.63) is 76.3 Å². The van der Waals surface area contributed by atoms with Crippen molar-refractivity contribution in [1.82, 2.24) is 0 Å². The minimum absolute atomic E-state index is 0.185. The second-order valence-electron chi connectivity index (χ2n) is 6.15. The molecule has 3 nitrogen and oxygen atoms in total. The lowest BCUT2D eigenvalue weighted by Crippen LogP contribution is -1.98. The zero-order valence-electron chi connectivity index (χ0n) is 14.4. The molecule has 0 N–H and O–H groups in total. The lowest BCUT2D eigenvalue weighted by molar-refractivity contribution is 0.101. The Bertz CT molecular complexity index is 890. The van der Waals surface area contributed by atoms with Crippen LogP contribution in [-0.4, -0.2) is 12.4 Å². The van der Waals surface area contributed by atoms with Crippen molar-refractivity contribution in [2.24, 2.45) is 0 Å². The standard InChI is InChI=1S/C21H19FO3/c1-13(2)9-10-24-18-8-7-17-20(23)19(25-21(17)14(18)3)12-15-5-4-6-16(22)11-15/h4-9,11-12H,10H2,1-3H3/b19-12-. The summed E-state index contributed by atoms with van der Waals surface area (Å²) in [7, 11) is 0. The first-order chi connectivity index (χ1) is 12.0. The van der Waals surface area contributed by atoms with Crippen molar-refractivity contribution >= 4 is 11.9 Å². The molecule has 0 saturated carbocycles. The molecule has 0 spiro atoms. The fraction of sp³-hybridized carbons (Fsp3) is 0.190.